The Kier molecular flexibility index (Phi) is 3.33. The predicted molar refractivity (Wildman–Crippen MR) is 70.8 cm³/mol. The van der Waals surface area contributed by atoms with Gasteiger partial charge in [0.15, 0.2) is 5.82 Å². The van der Waals surface area contributed by atoms with Gasteiger partial charge in [0.1, 0.15) is 5.02 Å². The van der Waals surface area contributed by atoms with Crippen molar-refractivity contribution in [3.63, 3.8) is 0 Å². The van der Waals surface area contributed by atoms with E-state index in [9.17, 15) is 4.39 Å². The molecule has 1 fully saturated rings. The molecule has 0 bridgehead atoms. The Bertz CT molecular complexity index is 432. The highest BCUT2D eigenvalue weighted by atomic mass is 35.5. The molecule has 0 spiro atoms. The summed E-state index contributed by atoms with van der Waals surface area (Å²) < 4.78 is 14.1. The van der Waals surface area contributed by atoms with Crippen LogP contribution < -0.4 is 16.4 Å². The van der Waals surface area contributed by atoms with E-state index < -0.39 is 5.82 Å². The molecule has 0 atom stereocenters. The number of hydrogen-bond acceptors (Lipinski definition) is 3. The van der Waals surface area contributed by atoms with E-state index in [0.29, 0.717) is 23.8 Å². The second-order valence-electron chi connectivity index (χ2n) is 4.51. The van der Waals surface area contributed by atoms with E-state index >= 15 is 0 Å². The van der Waals surface area contributed by atoms with Crippen molar-refractivity contribution in [2.45, 2.75) is 19.8 Å². The average molecular weight is 258 g/mol. The van der Waals surface area contributed by atoms with Crippen LogP contribution >= 0.6 is 11.6 Å². The molecular weight excluding hydrogens is 241 g/mol. The minimum atomic E-state index is -0.508. The van der Waals surface area contributed by atoms with Crippen molar-refractivity contribution >= 4 is 28.7 Å². The van der Waals surface area contributed by atoms with Gasteiger partial charge < -0.3 is 16.4 Å². The third-order valence-electron chi connectivity index (χ3n) is 3.11. The molecule has 3 nitrogen and oxygen atoms in total. The summed E-state index contributed by atoms with van der Waals surface area (Å²) in [6.07, 6.45) is 2.42. The normalized spacial score (nSPS) is 15.0. The standard InChI is InChI=1S/C12H17ClFN3/c1-2-17(6-7-3-4-7)12-9(16)5-8(15)10(13)11(12)14/h5,7H,2-4,6,15-16H2,1H3. The van der Waals surface area contributed by atoms with Gasteiger partial charge in [-0.2, -0.15) is 0 Å². The molecule has 1 aromatic rings. The summed E-state index contributed by atoms with van der Waals surface area (Å²) in [7, 11) is 0. The molecule has 0 heterocycles. The highest BCUT2D eigenvalue weighted by Gasteiger charge is 2.27. The van der Waals surface area contributed by atoms with Gasteiger partial charge in [-0.25, -0.2) is 4.39 Å². The van der Waals surface area contributed by atoms with Crippen molar-refractivity contribution < 1.29 is 4.39 Å². The highest BCUT2D eigenvalue weighted by molar-refractivity contribution is 6.33. The fraction of sp³-hybridized carbons (Fsp3) is 0.500. The number of nitrogens with two attached hydrogens (primary N) is 2. The maximum atomic E-state index is 14.1. The van der Waals surface area contributed by atoms with E-state index in [1.54, 1.807) is 0 Å². The van der Waals surface area contributed by atoms with E-state index in [4.69, 9.17) is 23.1 Å². The van der Waals surface area contributed by atoms with Gasteiger partial charge in [-0.15, -0.1) is 0 Å². The van der Waals surface area contributed by atoms with E-state index in [1.165, 1.54) is 18.9 Å². The third kappa shape index (κ3) is 2.41. The molecule has 5 heteroatoms. The number of anilines is 3. The Hall–Kier alpha value is -1.16. The van der Waals surface area contributed by atoms with Crippen LogP contribution in [0.1, 0.15) is 19.8 Å². The molecule has 1 aliphatic rings. The third-order valence-corrected chi connectivity index (χ3v) is 3.50. The lowest BCUT2D eigenvalue weighted by molar-refractivity contribution is 0.615. The van der Waals surface area contributed by atoms with Gasteiger partial charge in [0.25, 0.3) is 0 Å². The zero-order valence-electron chi connectivity index (χ0n) is 9.84. The highest BCUT2D eigenvalue weighted by Crippen LogP contribution is 2.38. The monoisotopic (exact) mass is 257 g/mol. The van der Waals surface area contributed by atoms with Crippen LogP contribution in [0.25, 0.3) is 0 Å². The van der Waals surface area contributed by atoms with Crippen LogP contribution in [-0.2, 0) is 0 Å². The maximum Gasteiger partial charge on any atom is 0.169 e. The number of benzene rings is 1. The first-order valence-corrected chi connectivity index (χ1v) is 6.20. The summed E-state index contributed by atoms with van der Waals surface area (Å²) >= 11 is 5.83. The minimum absolute atomic E-state index is 0.0385. The van der Waals surface area contributed by atoms with Gasteiger partial charge in [-0.05, 0) is 31.7 Å². The molecule has 1 aliphatic carbocycles. The molecule has 0 radical (unpaired) electrons. The molecule has 0 unspecified atom stereocenters. The van der Waals surface area contributed by atoms with E-state index in [1.807, 2.05) is 11.8 Å². The lowest BCUT2D eigenvalue weighted by atomic mass is 10.2. The summed E-state index contributed by atoms with van der Waals surface area (Å²) in [5, 5.41) is -0.0385. The molecule has 0 saturated heterocycles. The van der Waals surface area contributed by atoms with Crippen LogP contribution in [0, 0.1) is 11.7 Å². The largest absolute Gasteiger partial charge is 0.397 e. The van der Waals surface area contributed by atoms with Crippen LogP contribution in [0.5, 0.6) is 0 Å². The van der Waals surface area contributed by atoms with Crippen molar-refractivity contribution in [1.82, 2.24) is 0 Å². The van der Waals surface area contributed by atoms with Crippen molar-refractivity contribution in [3.8, 4) is 0 Å². The molecule has 0 aromatic heterocycles. The second kappa shape index (κ2) is 4.61. The molecule has 1 aromatic carbocycles. The van der Waals surface area contributed by atoms with Gasteiger partial charge >= 0.3 is 0 Å². The van der Waals surface area contributed by atoms with Gasteiger partial charge in [0, 0.05) is 13.1 Å². The molecule has 2 rings (SSSR count). The van der Waals surface area contributed by atoms with Crippen LogP contribution in [0.15, 0.2) is 6.07 Å². The number of nitrogen functional groups attached to an aromatic ring is 2. The Balaban J connectivity index is 2.37. The number of hydrogen-bond donors (Lipinski definition) is 2. The average Bonchev–Trinajstić information content (AvgIpc) is 3.08. The Morgan fingerprint density at radius 1 is 1.41 bits per heavy atom. The van der Waals surface area contributed by atoms with Gasteiger partial charge in [-0.3, -0.25) is 0 Å². The predicted octanol–water partition coefficient (Wildman–Crippen LogP) is 2.88. The van der Waals surface area contributed by atoms with Crippen molar-refractivity contribution in [3.05, 3.63) is 16.9 Å². The minimum Gasteiger partial charge on any atom is -0.397 e. The smallest absolute Gasteiger partial charge is 0.169 e. The van der Waals surface area contributed by atoms with E-state index in [2.05, 4.69) is 0 Å². The summed E-state index contributed by atoms with van der Waals surface area (Å²) in [6, 6.07) is 1.52. The van der Waals surface area contributed by atoms with Crippen LogP contribution in [0.2, 0.25) is 5.02 Å². The van der Waals surface area contributed by atoms with Crippen LogP contribution in [0.4, 0.5) is 21.5 Å². The zero-order chi connectivity index (χ0) is 12.6. The topological polar surface area (TPSA) is 55.3 Å². The van der Waals surface area contributed by atoms with Gasteiger partial charge in [-0.1, -0.05) is 11.6 Å². The van der Waals surface area contributed by atoms with Crippen LogP contribution in [0.3, 0.4) is 0 Å². The fourth-order valence-corrected chi connectivity index (χ4v) is 2.11. The fourth-order valence-electron chi connectivity index (χ4n) is 1.97. The number of halogens is 2. The molecule has 4 N–H and O–H groups in total. The molecule has 0 aliphatic heterocycles. The number of nitrogens with zero attached hydrogens (tertiary/aromatic N) is 1. The van der Waals surface area contributed by atoms with Crippen molar-refractivity contribution in [2.75, 3.05) is 29.5 Å². The lowest BCUT2D eigenvalue weighted by Crippen LogP contribution is -2.27. The molecule has 94 valence electrons. The molecule has 0 amide bonds. The Morgan fingerprint density at radius 2 is 2.06 bits per heavy atom. The number of rotatable bonds is 4. The summed E-state index contributed by atoms with van der Waals surface area (Å²) in [6.45, 7) is 3.52. The van der Waals surface area contributed by atoms with Gasteiger partial charge in [0.2, 0.25) is 0 Å². The second-order valence-corrected chi connectivity index (χ2v) is 4.89. The van der Waals surface area contributed by atoms with Crippen molar-refractivity contribution in [2.24, 2.45) is 5.92 Å². The summed E-state index contributed by atoms with van der Waals surface area (Å²) in [5.41, 5.74) is 12.3. The van der Waals surface area contributed by atoms with E-state index in [-0.39, 0.29) is 10.7 Å². The molecule has 1 saturated carbocycles. The SMILES string of the molecule is CCN(CC1CC1)c1c(N)cc(N)c(Cl)c1F. The van der Waals surface area contributed by atoms with E-state index in [0.717, 1.165) is 6.54 Å². The summed E-state index contributed by atoms with van der Waals surface area (Å²) in [4.78, 5) is 1.94. The zero-order valence-corrected chi connectivity index (χ0v) is 10.6. The first kappa shape index (κ1) is 12.3. The quantitative estimate of drug-likeness (QED) is 0.816. The summed E-state index contributed by atoms with van der Waals surface area (Å²) in [5.74, 6) is 0.150. The van der Waals surface area contributed by atoms with Crippen molar-refractivity contribution in [1.29, 1.82) is 0 Å². The Labute approximate surface area is 106 Å². The maximum absolute atomic E-state index is 14.1. The molecule has 17 heavy (non-hydrogen) atoms. The Morgan fingerprint density at radius 3 is 2.59 bits per heavy atom. The first-order valence-electron chi connectivity index (χ1n) is 5.82. The van der Waals surface area contributed by atoms with Crippen LogP contribution in [-0.4, -0.2) is 13.1 Å². The van der Waals surface area contributed by atoms with Gasteiger partial charge in [0.05, 0.1) is 17.1 Å². The first-order chi connectivity index (χ1) is 8.04. The molecular formula is C12H17ClFN3. The lowest BCUT2D eigenvalue weighted by Gasteiger charge is -2.25.